The molecule has 2 aliphatic carbocycles. The van der Waals surface area contributed by atoms with Gasteiger partial charge in [0.1, 0.15) is 0 Å². The topological polar surface area (TPSA) is 52.0 Å². The van der Waals surface area contributed by atoms with Gasteiger partial charge in [0.05, 0.1) is 0 Å². The van der Waals surface area contributed by atoms with Crippen molar-refractivity contribution in [2.45, 2.75) is 96.3 Å². The molecule has 2 aliphatic rings. The van der Waals surface area contributed by atoms with Gasteiger partial charge < -0.3 is 11.5 Å². The minimum absolute atomic E-state index is 0.631. The van der Waals surface area contributed by atoms with E-state index >= 15 is 0 Å². The summed E-state index contributed by atoms with van der Waals surface area (Å²) < 4.78 is 0. The van der Waals surface area contributed by atoms with Crippen molar-refractivity contribution in [3.63, 3.8) is 0 Å². The number of hydrogen-bond donors (Lipinski definition) is 2. The summed E-state index contributed by atoms with van der Waals surface area (Å²) in [5.74, 6) is 3.60. The molecule has 2 nitrogen and oxygen atoms in total. The lowest BCUT2D eigenvalue weighted by molar-refractivity contribution is 0.155. The van der Waals surface area contributed by atoms with E-state index in [1.54, 1.807) is 0 Å². The Kier molecular flexibility index (Phi) is 8.16. The Balaban J connectivity index is 1.29. The molecule has 2 aromatic carbocycles. The Labute approximate surface area is 196 Å². The molecule has 174 valence electrons. The van der Waals surface area contributed by atoms with Gasteiger partial charge in [0.15, 0.2) is 0 Å². The van der Waals surface area contributed by atoms with Gasteiger partial charge in [-0.15, -0.1) is 0 Å². The molecule has 4 rings (SSSR count). The summed E-state index contributed by atoms with van der Waals surface area (Å²) >= 11 is 0. The molecule has 0 aromatic heterocycles. The molecule has 0 spiro atoms. The van der Waals surface area contributed by atoms with Crippen LogP contribution in [0.1, 0.15) is 107 Å². The van der Waals surface area contributed by atoms with E-state index in [0.29, 0.717) is 5.92 Å². The minimum atomic E-state index is 0.631. The van der Waals surface area contributed by atoms with Crippen LogP contribution < -0.4 is 11.5 Å². The Hall–Kier alpha value is -1.96. The van der Waals surface area contributed by atoms with Crippen LogP contribution in [-0.4, -0.2) is 0 Å². The number of anilines is 2. The van der Waals surface area contributed by atoms with Gasteiger partial charge in [-0.3, -0.25) is 0 Å². The van der Waals surface area contributed by atoms with Crippen LogP contribution in [0.2, 0.25) is 0 Å². The second-order valence-electron chi connectivity index (χ2n) is 10.7. The monoisotopic (exact) mass is 432 g/mol. The molecule has 0 aliphatic heterocycles. The predicted molar refractivity (Wildman–Crippen MR) is 139 cm³/mol. The van der Waals surface area contributed by atoms with Crippen LogP contribution in [0.4, 0.5) is 11.4 Å². The number of nitrogen functional groups attached to an aromatic ring is 2. The van der Waals surface area contributed by atoms with E-state index in [4.69, 9.17) is 11.5 Å². The molecule has 2 saturated carbocycles. The third-order valence-electron chi connectivity index (χ3n) is 8.58. The molecule has 32 heavy (non-hydrogen) atoms. The van der Waals surface area contributed by atoms with Gasteiger partial charge >= 0.3 is 0 Å². The van der Waals surface area contributed by atoms with E-state index in [0.717, 1.165) is 41.1 Å². The fraction of sp³-hybridized carbons (Fsp3) is 0.600. The summed E-state index contributed by atoms with van der Waals surface area (Å²) in [5, 5.41) is 0. The second kappa shape index (κ2) is 11.3. The van der Waals surface area contributed by atoms with Gasteiger partial charge in [-0.05, 0) is 85.5 Å². The smallest absolute Gasteiger partial charge is 0.0373 e. The van der Waals surface area contributed by atoms with Crippen LogP contribution >= 0.6 is 0 Å². The van der Waals surface area contributed by atoms with Gasteiger partial charge in [-0.25, -0.2) is 0 Å². The van der Waals surface area contributed by atoms with Gasteiger partial charge in [0.25, 0.3) is 0 Å². The van der Waals surface area contributed by atoms with Crippen molar-refractivity contribution >= 4 is 11.4 Å². The quantitative estimate of drug-likeness (QED) is 0.327. The van der Waals surface area contributed by atoms with Crippen molar-refractivity contribution in [2.24, 2.45) is 17.8 Å². The zero-order chi connectivity index (χ0) is 22.3. The van der Waals surface area contributed by atoms with Crippen LogP contribution in [0.3, 0.4) is 0 Å². The number of rotatable bonds is 8. The SMILES string of the molecule is CCCCCC1CCC(C2CCC(c3cc(N)c(Cc4ccccc4)c(N)c3)CC2)CC1. The molecule has 2 fully saturated rings. The summed E-state index contributed by atoms with van der Waals surface area (Å²) in [5.41, 5.74) is 18.5. The summed E-state index contributed by atoms with van der Waals surface area (Å²) in [4.78, 5) is 0. The normalized spacial score (nSPS) is 26.2. The van der Waals surface area contributed by atoms with Crippen LogP contribution in [0, 0.1) is 17.8 Å². The zero-order valence-electron chi connectivity index (χ0n) is 20.2. The molecule has 0 bridgehead atoms. The molecule has 2 heteroatoms. The fourth-order valence-electron chi connectivity index (χ4n) is 6.54. The van der Waals surface area contributed by atoms with Crippen molar-refractivity contribution in [3.8, 4) is 0 Å². The third kappa shape index (κ3) is 5.88. The summed E-state index contributed by atoms with van der Waals surface area (Å²) in [6.07, 6.45) is 17.9. The molecule has 0 heterocycles. The summed E-state index contributed by atoms with van der Waals surface area (Å²) in [6.45, 7) is 2.31. The second-order valence-corrected chi connectivity index (χ2v) is 10.7. The van der Waals surface area contributed by atoms with E-state index in [1.165, 1.54) is 88.2 Å². The maximum atomic E-state index is 6.50. The van der Waals surface area contributed by atoms with Crippen molar-refractivity contribution in [2.75, 3.05) is 11.5 Å². The average Bonchev–Trinajstić information content (AvgIpc) is 2.83. The van der Waals surface area contributed by atoms with Crippen LogP contribution in [0.25, 0.3) is 0 Å². The lowest BCUT2D eigenvalue weighted by Gasteiger charge is -2.38. The highest BCUT2D eigenvalue weighted by Gasteiger charge is 2.31. The van der Waals surface area contributed by atoms with Crippen LogP contribution in [-0.2, 0) is 6.42 Å². The first-order valence-electron chi connectivity index (χ1n) is 13.4. The van der Waals surface area contributed by atoms with Crippen LogP contribution in [0.15, 0.2) is 42.5 Å². The van der Waals surface area contributed by atoms with E-state index < -0.39 is 0 Å². The molecular formula is C30H44N2. The van der Waals surface area contributed by atoms with Crippen molar-refractivity contribution in [1.82, 2.24) is 0 Å². The molecule has 0 saturated heterocycles. The largest absolute Gasteiger partial charge is 0.398 e. The number of unbranched alkanes of at least 4 members (excludes halogenated alkanes) is 2. The van der Waals surface area contributed by atoms with Gasteiger partial charge in [0.2, 0.25) is 0 Å². The Morgan fingerprint density at radius 3 is 1.94 bits per heavy atom. The molecule has 0 atom stereocenters. The van der Waals surface area contributed by atoms with E-state index in [2.05, 4.69) is 49.4 Å². The molecule has 0 radical (unpaired) electrons. The van der Waals surface area contributed by atoms with Crippen LogP contribution in [0.5, 0.6) is 0 Å². The molecular weight excluding hydrogens is 388 g/mol. The molecule has 0 unspecified atom stereocenters. The average molecular weight is 433 g/mol. The predicted octanol–water partition coefficient (Wildman–Crippen LogP) is 8.10. The molecule has 0 amide bonds. The highest BCUT2D eigenvalue weighted by molar-refractivity contribution is 5.65. The summed E-state index contributed by atoms with van der Waals surface area (Å²) in [7, 11) is 0. The first-order valence-corrected chi connectivity index (χ1v) is 13.4. The molecule has 2 aromatic rings. The van der Waals surface area contributed by atoms with E-state index in [-0.39, 0.29) is 0 Å². The van der Waals surface area contributed by atoms with E-state index in [1.807, 2.05) is 0 Å². The Morgan fingerprint density at radius 2 is 1.34 bits per heavy atom. The molecule has 4 N–H and O–H groups in total. The standard InChI is InChI=1S/C30H44N2/c1-2-3-5-8-22-11-13-24(14-12-22)25-15-17-26(18-16-25)27-20-29(31)28(30(32)21-27)19-23-9-6-4-7-10-23/h4,6-7,9-10,20-22,24-26H,2-3,5,8,11-19,31-32H2,1H3. The number of benzene rings is 2. The third-order valence-corrected chi connectivity index (χ3v) is 8.58. The maximum absolute atomic E-state index is 6.50. The number of nitrogens with two attached hydrogens (primary N) is 2. The van der Waals surface area contributed by atoms with Crippen molar-refractivity contribution in [3.05, 3.63) is 59.2 Å². The van der Waals surface area contributed by atoms with Gasteiger partial charge in [-0.1, -0.05) is 75.8 Å². The maximum Gasteiger partial charge on any atom is 0.0373 e. The lowest BCUT2D eigenvalue weighted by Crippen LogP contribution is -2.25. The minimum Gasteiger partial charge on any atom is -0.398 e. The van der Waals surface area contributed by atoms with Gasteiger partial charge in [-0.2, -0.15) is 0 Å². The first kappa shape index (κ1) is 23.2. The Morgan fingerprint density at radius 1 is 0.750 bits per heavy atom. The van der Waals surface area contributed by atoms with Crippen molar-refractivity contribution in [1.29, 1.82) is 0 Å². The zero-order valence-corrected chi connectivity index (χ0v) is 20.2. The highest BCUT2D eigenvalue weighted by Crippen LogP contribution is 2.45. The van der Waals surface area contributed by atoms with Gasteiger partial charge in [0, 0.05) is 23.4 Å². The number of hydrogen-bond acceptors (Lipinski definition) is 2. The summed E-state index contributed by atoms with van der Waals surface area (Å²) in [6, 6.07) is 14.9. The van der Waals surface area contributed by atoms with Crippen molar-refractivity contribution < 1.29 is 0 Å². The Bertz CT molecular complexity index is 804. The highest BCUT2D eigenvalue weighted by atomic mass is 14.6. The van der Waals surface area contributed by atoms with E-state index in [9.17, 15) is 0 Å². The fourth-order valence-corrected chi connectivity index (χ4v) is 6.54. The first-order chi connectivity index (χ1) is 15.6. The lowest BCUT2D eigenvalue weighted by atomic mass is 9.68.